The third-order valence-corrected chi connectivity index (χ3v) is 3.52. The van der Waals surface area contributed by atoms with E-state index in [-0.39, 0.29) is 18.1 Å². The largest absolute Gasteiger partial charge is 0.496 e. The Bertz CT molecular complexity index is 458. The lowest BCUT2D eigenvalue weighted by Gasteiger charge is -2.20. The van der Waals surface area contributed by atoms with E-state index in [9.17, 15) is 4.79 Å². The average Bonchev–Trinajstić information content (AvgIpc) is 2.92. The second kappa shape index (κ2) is 6.26. The number of rotatable bonds is 4. The quantitative estimate of drug-likeness (QED) is 0.924. The molecule has 0 saturated carbocycles. The number of amides is 1. The van der Waals surface area contributed by atoms with Crippen LogP contribution in [0.1, 0.15) is 30.1 Å². The number of hydrogen-bond acceptors (Lipinski definition) is 3. The molecular formula is C14H18ClNO3. The molecule has 5 heteroatoms. The summed E-state index contributed by atoms with van der Waals surface area (Å²) in [6.45, 7) is 2.72. The SMILES string of the molecule is COc1ccc(Cl)cc1C(=O)NC(C)C1CCCO1. The van der Waals surface area contributed by atoms with Crippen LogP contribution in [-0.2, 0) is 4.74 Å². The summed E-state index contributed by atoms with van der Waals surface area (Å²) >= 11 is 5.92. The maximum Gasteiger partial charge on any atom is 0.255 e. The Morgan fingerprint density at radius 3 is 3.00 bits per heavy atom. The zero-order valence-corrected chi connectivity index (χ0v) is 11.9. The Kier molecular flexibility index (Phi) is 4.66. The van der Waals surface area contributed by atoms with Gasteiger partial charge in [-0.25, -0.2) is 0 Å². The zero-order chi connectivity index (χ0) is 13.8. The van der Waals surface area contributed by atoms with E-state index in [4.69, 9.17) is 21.1 Å². The zero-order valence-electron chi connectivity index (χ0n) is 11.1. The lowest BCUT2D eigenvalue weighted by molar-refractivity contribution is 0.0710. The van der Waals surface area contributed by atoms with Crippen LogP contribution in [0, 0.1) is 0 Å². The monoisotopic (exact) mass is 283 g/mol. The fraction of sp³-hybridized carbons (Fsp3) is 0.500. The molecule has 1 aromatic carbocycles. The third kappa shape index (κ3) is 3.39. The molecule has 2 unspecified atom stereocenters. The van der Waals surface area contributed by atoms with E-state index in [0.717, 1.165) is 19.4 Å². The number of ether oxygens (including phenoxy) is 2. The molecule has 1 N–H and O–H groups in total. The molecule has 0 radical (unpaired) electrons. The van der Waals surface area contributed by atoms with Crippen LogP contribution >= 0.6 is 11.6 Å². The normalized spacial score (nSPS) is 20.1. The van der Waals surface area contributed by atoms with Crippen molar-refractivity contribution in [2.24, 2.45) is 0 Å². The Labute approximate surface area is 118 Å². The van der Waals surface area contributed by atoms with E-state index in [1.807, 2.05) is 6.92 Å². The fourth-order valence-electron chi connectivity index (χ4n) is 2.23. The number of benzene rings is 1. The minimum Gasteiger partial charge on any atom is -0.496 e. The highest BCUT2D eigenvalue weighted by molar-refractivity contribution is 6.31. The number of carbonyl (C=O) groups excluding carboxylic acids is 1. The van der Waals surface area contributed by atoms with Gasteiger partial charge in [-0.2, -0.15) is 0 Å². The maximum atomic E-state index is 12.2. The van der Waals surface area contributed by atoms with Gasteiger partial charge in [-0.1, -0.05) is 11.6 Å². The molecule has 0 spiro atoms. The summed E-state index contributed by atoms with van der Waals surface area (Å²) < 4.78 is 10.7. The highest BCUT2D eigenvalue weighted by Gasteiger charge is 2.25. The molecule has 2 rings (SSSR count). The summed E-state index contributed by atoms with van der Waals surface area (Å²) in [5.41, 5.74) is 0.444. The van der Waals surface area contributed by atoms with Crippen LogP contribution in [0.3, 0.4) is 0 Å². The van der Waals surface area contributed by atoms with Gasteiger partial charge in [0.2, 0.25) is 0 Å². The van der Waals surface area contributed by atoms with Gasteiger partial charge in [-0.3, -0.25) is 4.79 Å². The molecule has 1 aromatic rings. The van der Waals surface area contributed by atoms with E-state index in [1.54, 1.807) is 18.2 Å². The molecule has 1 heterocycles. The van der Waals surface area contributed by atoms with Crippen LogP contribution in [-0.4, -0.2) is 31.8 Å². The van der Waals surface area contributed by atoms with Crippen LogP contribution in [0.4, 0.5) is 0 Å². The molecule has 1 saturated heterocycles. The van der Waals surface area contributed by atoms with Gasteiger partial charge < -0.3 is 14.8 Å². The van der Waals surface area contributed by atoms with Crippen LogP contribution in [0.15, 0.2) is 18.2 Å². The molecule has 104 valence electrons. The van der Waals surface area contributed by atoms with Gasteiger partial charge in [-0.05, 0) is 38.0 Å². The lowest BCUT2D eigenvalue weighted by atomic mass is 10.1. The van der Waals surface area contributed by atoms with E-state index in [2.05, 4.69) is 5.32 Å². The highest BCUT2D eigenvalue weighted by atomic mass is 35.5. The van der Waals surface area contributed by atoms with Crippen molar-refractivity contribution in [2.75, 3.05) is 13.7 Å². The number of carbonyl (C=O) groups is 1. The second-order valence-corrected chi connectivity index (χ2v) is 5.09. The topological polar surface area (TPSA) is 47.6 Å². The Morgan fingerprint density at radius 2 is 2.37 bits per heavy atom. The summed E-state index contributed by atoms with van der Waals surface area (Å²) in [4.78, 5) is 12.2. The average molecular weight is 284 g/mol. The van der Waals surface area contributed by atoms with Crippen molar-refractivity contribution >= 4 is 17.5 Å². The summed E-state index contributed by atoms with van der Waals surface area (Å²) in [6.07, 6.45) is 2.12. The van der Waals surface area contributed by atoms with Crippen molar-refractivity contribution in [1.82, 2.24) is 5.32 Å². The Balaban J connectivity index is 2.08. The molecule has 1 amide bonds. The van der Waals surface area contributed by atoms with Crippen molar-refractivity contribution in [1.29, 1.82) is 0 Å². The van der Waals surface area contributed by atoms with Crippen LogP contribution < -0.4 is 10.1 Å². The fourth-order valence-corrected chi connectivity index (χ4v) is 2.40. The molecule has 0 bridgehead atoms. The van der Waals surface area contributed by atoms with Crippen molar-refractivity contribution in [2.45, 2.75) is 31.9 Å². The molecule has 4 nitrogen and oxygen atoms in total. The van der Waals surface area contributed by atoms with Gasteiger partial charge in [0.15, 0.2) is 0 Å². The molecule has 1 fully saturated rings. The van der Waals surface area contributed by atoms with E-state index >= 15 is 0 Å². The first-order chi connectivity index (χ1) is 9.11. The summed E-state index contributed by atoms with van der Waals surface area (Å²) in [5, 5.41) is 3.45. The first-order valence-electron chi connectivity index (χ1n) is 6.38. The predicted molar refractivity (Wildman–Crippen MR) is 73.9 cm³/mol. The summed E-state index contributed by atoms with van der Waals surface area (Å²) in [7, 11) is 1.53. The molecule has 19 heavy (non-hydrogen) atoms. The molecule has 1 aliphatic rings. The smallest absolute Gasteiger partial charge is 0.255 e. The molecule has 0 aromatic heterocycles. The first-order valence-corrected chi connectivity index (χ1v) is 6.75. The highest BCUT2D eigenvalue weighted by Crippen LogP contribution is 2.23. The maximum absolute atomic E-state index is 12.2. The summed E-state index contributed by atoms with van der Waals surface area (Å²) in [5.74, 6) is 0.323. The predicted octanol–water partition coefficient (Wildman–Crippen LogP) is 2.65. The molecule has 1 aliphatic heterocycles. The van der Waals surface area contributed by atoms with Crippen molar-refractivity contribution in [3.05, 3.63) is 28.8 Å². The van der Waals surface area contributed by atoms with Gasteiger partial charge >= 0.3 is 0 Å². The van der Waals surface area contributed by atoms with E-state index in [1.165, 1.54) is 7.11 Å². The second-order valence-electron chi connectivity index (χ2n) is 4.66. The molecule has 2 atom stereocenters. The van der Waals surface area contributed by atoms with Gasteiger partial charge in [-0.15, -0.1) is 0 Å². The first kappa shape index (κ1) is 14.2. The van der Waals surface area contributed by atoms with Gasteiger partial charge in [0.25, 0.3) is 5.91 Å². The van der Waals surface area contributed by atoms with Gasteiger partial charge in [0, 0.05) is 11.6 Å². The molecular weight excluding hydrogens is 266 g/mol. The minimum atomic E-state index is -0.192. The number of methoxy groups -OCH3 is 1. The standard InChI is InChI=1S/C14H18ClNO3/c1-9(12-4-3-7-19-12)16-14(17)11-8-10(15)5-6-13(11)18-2/h5-6,8-9,12H,3-4,7H2,1-2H3,(H,16,17). The third-order valence-electron chi connectivity index (χ3n) is 3.29. The van der Waals surface area contributed by atoms with E-state index in [0.29, 0.717) is 16.3 Å². The Hall–Kier alpha value is -1.26. The van der Waals surface area contributed by atoms with Crippen LogP contribution in [0.5, 0.6) is 5.75 Å². The minimum absolute atomic E-state index is 0.0290. The summed E-state index contributed by atoms with van der Waals surface area (Å²) in [6, 6.07) is 4.96. The number of hydrogen-bond donors (Lipinski definition) is 1. The molecule has 0 aliphatic carbocycles. The number of halogens is 1. The van der Waals surface area contributed by atoms with Gasteiger partial charge in [0.05, 0.1) is 24.8 Å². The van der Waals surface area contributed by atoms with Crippen LogP contribution in [0.25, 0.3) is 0 Å². The Morgan fingerprint density at radius 1 is 1.58 bits per heavy atom. The van der Waals surface area contributed by atoms with Crippen molar-refractivity contribution in [3.63, 3.8) is 0 Å². The van der Waals surface area contributed by atoms with Crippen LogP contribution in [0.2, 0.25) is 5.02 Å². The van der Waals surface area contributed by atoms with Crippen molar-refractivity contribution in [3.8, 4) is 5.75 Å². The number of nitrogens with one attached hydrogen (secondary N) is 1. The lowest BCUT2D eigenvalue weighted by Crippen LogP contribution is -2.40. The van der Waals surface area contributed by atoms with Crippen molar-refractivity contribution < 1.29 is 14.3 Å². The van der Waals surface area contributed by atoms with E-state index < -0.39 is 0 Å². The van der Waals surface area contributed by atoms with Gasteiger partial charge in [0.1, 0.15) is 5.75 Å².